The van der Waals surface area contributed by atoms with Gasteiger partial charge in [-0.05, 0) is 18.2 Å². The Morgan fingerprint density at radius 3 is 2.82 bits per heavy atom. The molecule has 0 aliphatic heterocycles. The molecule has 1 amide bonds. The smallest absolute Gasteiger partial charge is 0.275 e. The number of nitrogens with zero attached hydrogens (tertiary/aromatic N) is 2. The van der Waals surface area contributed by atoms with Crippen molar-refractivity contribution in [1.29, 1.82) is 0 Å². The number of carbonyl (C=O) groups excluding carboxylic acids is 1. The first kappa shape index (κ1) is 11.5. The van der Waals surface area contributed by atoms with Gasteiger partial charge >= 0.3 is 0 Å². The predicted molar refractivity (Wildman–Crippen MR) is 61.4 cm³/mol. The number of aromatic nitrogens is 2. The predicted octanol–water partition coefficient (Wildman–Crippen LogP) is 2.52. The van der Waals surface area contributed by atoms with Crippen molar-refractivity contribution in [3.63, 3.8) is 0 Å². The van der Waals surface area contributed by atoms with Crippen molar-refractivity contribution < 1.29 is 9.18 Å². The van der Waals surface area contributed by atoms with Gasteiger partial charge in [-0.3, -0.25) is 9.78 Å². The van der Waals surface area contributed by atoms with Gasteiger partial charge in [-0.15, -0.1) is 0 Å². The molecule has 17 heavy (non-hydrogen) atoms. The van der Waals surface area contributed by atoms with Crippen LogP contribution in [0.15, 0.2) is 36.8 Å². The van der Waals surface area contributed by atoms with Crippen LogP contribution in [0.5, 0.6) is 0 Å². The molecule has 0 saturated heterocycles. The monoisotopic (exact) mass is 251 g/mol. The highest BCUT2D eigenvalue weighted by Gasteiger charge is 2.09. The van der Waals surface area contributed by atoms with Gasteiger partial charge in [-0.1, -0.05) is 11.6 Å². The summed E-state index contributed by atoms with van der Waals surface area (Å²) >= 11 is 5.77. The summed E-state index contributed by atoms with van der Waals surface area (Å²) in [6.07, 6.45) is 4.19. The molecule has 0 bridgehead atoms. The Bertz CT molecular complexity index is 548. The lowest BCUT2D eigenvalue weighted by atomic mass is 10.3. The number of amides is 1. The fourth-order valence-corrected chi connectivity index (χ4v) is 1.41. The first-order valence-electron chi connectivity index (χ1n) is 4.69. The van der Waals surface area contributed by atoms with Crippen molar-refractivity contribution in [3.8, 4) is 0 Å². The van der Waals surface area contributed by atoms with Crippen LogP contribution in [0.2, 0.25) is 5.02 Å². The van der Waals surface area contributed by atoms with Crippen LogP contribution in [0.3, 0.4) is 0 Å². The maximum atomic E-state index is 12.8. The van der Waals surface area contributed by atoms with Gasteiger partial charge in [0.25, 0.3) is 5.91 Å². The minimum atomic E-state index is -0.465. The normalized spacial score (nSPS) is 10.0. The van der Waals surface area contributed by atoms with E-state index in [1.807, 2.05) is 0 Å². The second-order valence-electron chi connectivity index (χ2n) is 3.17. The summed E-state index contributed by atoms with van der Waals surface area (Å²) in [7, 11) is 0. The highest BCUT2D eigenvalue weighted by Crippen LogP contribution is 2.22. The summed E-state index contributed by atoms with van der Waals surface area (Å²) in [6.45, 7) is 0. The maximum absolute atomic E-state index is 12.8. The molecule has 1 aromatic carbocycles. The Hall–Kier alpha value is -2.01. The number of carbonyl (C=O) groups is 1. The number of anilines is 1. The van der Waals surface area contributed by atoms with Gasteiger partial charge in [-0.25, -0.2) is 9.37 Å². The van der Waals surface area contributed by atoms with Gasteiger partial charge in [0.05, 0.1) is 16.9 Å². The van der Waals surface area contributed by atoms with Crippen molar-refractivity contribution in [3.05, 3.63) is 53.3 Å². The van der Waals surface area contributed by atoms with E-state index in [1.54, 1.807) is 0 Å². The molecule has 2 aromatic rings. The molecule has 1 aromatic heterocycles. The van der Waals surface area contributed by atoms with E-state index in [0.717, 1.165) is 6.07 Å². The Balaban J connectivity index is 2.19. The standard InChI is InChI=1S/C11H7ClFN3O/c12-8-5-7(13)1-2-9(8)16-11(17)10-6-14-3-4-15-10/h1-6H,(H,16,17). The van der Waals surface area contributed by atoms with E-state index < -0.39 is 11.7 Å². The average Bonchev–Trinajstić information content (AvgIpc) is 2.34. The fourth-order valence-electron chi connectivity index (χ4n) is 1.19. The van der Waals surface area contributed by atoms with Crippen LogP contribution in [-0.4, -0.2) is 15.9 Å². The summed E-state index contributed by atoms with van der Waals surface area (Å²) in [5.74, 6) is -0.917. The number of benzene rings is 1. The Morgan fingerprint density at radius 2 is 2.18 bits per heavy atom. The number of hydrogen-bond acceptors (Lipinski definition) is 3. The van der Waals surface area contributed by atoms with Crippen molar-refractivity contribution in [2.75, 3.05) is 5.32 Å². The van der Waals surface area contributed by atoms with Crippen molar-refractivity contribution in [2.24, 2.45) is 0 Å². The van der Waals surface area contributed by atoms with E-state index in [9.17, 15) is 9.18 Å². The summed E-state index contributed by atoms with van der Waals surface area (Å²) in [4.78, 5) is 19.3. The third-order valence-electron chi connectivity index (χ3n) is 1.98. The lowest BCUT2D eigenvalue weighted by Crippen LogP contribution is -2.14. The van der Waals surface area contributed by atoms with E-state index in [-0.39, 0.29) is 10.7 Å². The second kappa shape index (κ2) is 4.88. The maximum Gasteiger partial charge on any atom is 0.275 e. The number of nitrogens with one attached hydrogen (secondary N) is 1. The van der Waals surface area contributed by atoms with E-state index in [0.29, 0.717) is 5.69 Å². The molecule has 1 N–H and O–H groups in total. The molecule has 4 nitrogen and oxygen atoms in total. The molecule has 0 unspecified atom stereocenters. The zero-order valence-electron chi connectivity index (χ0n) is 8.52. The molecule has 0 saturated carbocycles. The Morgan fingerprint density at radius 1 is 1.35 bits per heavy atom. The molecule has 86 valence electrons. The Kier molecular flexibility index (Phi) is 3.30. The molecule has 0 radical (unpaired) electrons. The van der Waals surface area contributed by atoms with Crippen LogP contribution >= 0.6 is 11.6 Å². The highest BCUT2D eigenvalue weighted by molar-refractivity contribution is 6.33. The quantitative estimate of drug-likeness (QED) is 0.892. The van der Waals surface area contributed by atoms with Crippen LogP contribution in [0.4, 0.5) is 10.1 Å². The summed E-state index contributed by atoms with van der Waals surface area (Å²) < 4.78 is 12.8. The second-order valence-corrected chi connectivity index (χ2v) is 3.58. The minimum Gasteiger partial charge on any atom is -0.319 e. The van der Waals surface area contributed by atoms with Gasteiger partial charge < -0.3 is 5.32 Å². The Labute approximate surface area is 101 Å². The SMILES string of the molecule is O=C(Nc1ccc(F)cc1Cl)c1cnccn1. The van der Waals surface area contributed by atoms with Crippen molar-refractivity contribution in [1.82, 2.24) is 9.97 Å². The van der Waals surface area contributed by atoms with Crippen LogP contribution in [-0.2, 0) is 0 Å². The molecule has 0 atom stereocenters. The molecule has 0 aliphatic rings. The third kappa shape index (κ3) is 2.76. The summed E-state index contributed by atoms with van der Waals surface area (Å²) in [6, 6.07) is 3.71. The minimum absolute atomic E-state index is 0.127. The van der Waals surface area contributed by atoms with Gasteiger partial charge in [-0.2, -0.15) is 0 Å². The molecular formula is C11H7ClFN3O. The first-order valence-corrected chi connectivity index (χ1v) is 5.07. The third-order valence-corrected chi connectivity index (χ3v) is 2.29. The van der Waals surface area contributed by atoms with Crippen LogP contribution in [0, 0.1) is 5.82 Å². The molecule has 0 spiro atoms. The molecule has 6 heteroatoms. The van der Waals surface area contributed by atoms with E-state index >= 15 is 0 Å². The lowest BCUT2D eigenvalue weighted by molar-refractivity contribution is 0.102. The average molecular weight is 252 g/mol. The van der Waals surface area contributed by atoms with Gasteiger partial charge in [0.15, 0.2) is 0 Å². The zero-order valence-corrected chi connectivity index (χ0v) is 9.28. The van der Waals surface area contributed by atoms with Crippen LogP contribution in [0.25, 0.3) is 0 Å². The largest absolute Gasteiger partial charge is 0.319 e. The fraction of sp³-hybridized carbons (Fsp3) is 0. The molecule has 0 fully saturated rings. The molecule has 0 aliphatic carbocycles. The van der Waals surface area contributed by atoms with Gasteiger partial charge in [0.2, 0.25) is 0 Å². The highest BCUT2D eigenvalue weighted by atomic mass is 35.5. The number of hydrogen-bond donors (Lipinski definition) is 1. The summed E-state index contributed by atoms with van der Waals surface area (Å²) in [5.41, 5.74) is 0.483. The molecule has 1 heterocycles. The topological polar surface area (TPSA) is 54.9 Å². The van der Waals surface area contributed by atoms with E-state index in [4.69, 9.17) is 11.6 Å². The van der Waals surface area contributed by atoms with E-state index in [2.05, 4.69) is 15.3 Å². The lowest BCUT2D eigenvalue weighted by Gasteiger charge is -2.06. The number of halogens is 2. The van der Waals surface area contributed by atoms with Gasteiger partial charge in [0, 0.05) is 12.4 Å². The van der Waals surface area contributed by atoms with E-state index in [1.165, 1.54) is 30.7 Å². The first-order chi connectivity index (χ1) is 8.16. The van der Waals surface area contributed by atoms with Gasteiger partial charge in [0.1, 0.15) is 11.5 Å². The molecule has 2 rings (SSSR count). The van der Waals surface area contributed by atoms with Crippen molar-refractivity contribution in [2.45, 2.75) is 0 Å². The van der Waals surface area contributed by atoms with Crippen molar-refractivity contribution >= 4 is 23.2 Å². The zero-order chi connectivity index (χ0) is 12.3. The molecular weight excluding hydrogens is 245 g/mol. The number of rotatable bonds is 2. The summed E-state index contributed by atoms with van der Waals surface area (Å²) in [5, 5.41) is 2.64. The van der Waals surface area contributed by atoms with Crippen LogP contribution in [0.1, 0.15) is 10.5 Å². The van der Waals surface area contributed by atoms with Crippen LogP contribution < -0.4 is 5.32 Å².